The first-order chi connectivity index (χ1) is 7.15. The number of nitrogens with zero attached hydrogens (tertiary/aromatic N) is 2. The zero-order valence-corrected chi connectivity index (χ0v) is 10.3. The van der Waals surface area contributed by atoms with Gasteiger partial charge in [-0.25, -0.2) is 4.98 Å². The molecule has 2 rings (SSSR count). The van der Waals surface area contributed by atoms with Crippen LogP contribution < -0.4 is 5.73 Å². The molecule has 0 aliphatic carbocycles. The fraction of sp³-hybridized carbons (Fsp3) is 0.727. The predicted octanol–water partition coefficient (Wildman–Crippen LogP) is 1.45. The van der Waals surface area contributed by atoms with Crippen LogP contribution in [-0.4, -0.2) is 36.1 Å². The molecule has 1 fully saturated rings. The SMILES string of the molecule is CC(N)Cc1cnc(C2CCN(C)C2)s1. The zero-order chi connectivity index (χ0) is 10.8. The molecule has 1 aromatic rings. The molecule has 2 atom stereocenters. The third-order valence-corrected chi connectivity index (χ3v) is 4.02. The molecule has 1 aromatic heterocycles. The van der Waals surface area contributed by atoms with E-state index in [-0.39, 0.29) is 6.04 Å². The molecule has 0 aromatic carbocycles. The summed E-state index contributed by atoms with van der Waals surface area (Å²) in [6.07, 6.45) is 4.21. The molecule has 2 heterocycles. The van der Waals surface area contributed by atoms with Crippen LogP contribution in [0, 0.1) is 0 Å². The summed E-state index contributed by atoms with van der Waals surface area (Å²) in [4.78, 5) is 8.22. The van der Waals surface area contributed by atoms with Crippen LogP contribution in [0.3, 0.4) is 0 Å². The molecule has 0 spiro atoms. The second-order valence-corrected chi connectivity index (χ2v) is 5.74. The van der Waals surface area contributed by atoms with Crippen molar-refractivity contribution in [3.63, 3.8) is 0 Å². The highest BCUT2D eigenvalue weighted by Gasteiger charge is 2.23. The minimum absolute atomic E-state index is 0.240. The Morgan fingerprint density at radius 2 is 2.53 bits per heavy atom. The van der Waals surface area contributed by atoms with E-state index in [1.807, 2.05) is 24.5 Å². The first-order valence-corrected chi connectivity index (χ1v) is 6.35. The molecule has 2 unspecified atom stereocenters. The van der Waals surface area contributed by atoms with Crippen LogP contribution in [0.5, 0.6) is 0 Å². The molecule has 84 valence electrons. The summed E-state index contributed by atoms with van der Waals surface area (Å²) in [5.74, 6) is 0.654. The van der Waals surface area contributed by atoms with E-state index in [4.69, 9.17) is 5.73 Å². The lowest BCUT2D eigenvalue weighted by Crippen LogP contribution is -2.16. The Balaban J connectivity index is 2.00. The van der Waals surface area contributed by atoms with Gasteiger partial charge in [-0.3, -0.25) is 0 Å². The molecular weight excluding hydrogens is 206 g/mol. The quantitative estimate of drug-likeness (QED) is 0.846. The number of hydrogen-bond acceptors (Lipinski definition) is 4. The van der Waals surface area contributed by atoms with Crippen molar-refractivity contribution < 1.29 is 0 Å². The lowest BCUT2D eigenvalue weighted by atomic mass is 10.1. The summed E-state index contributed by atoms with van der Waals surface area (Å²) in [5, 5.41) is 1.30. The highest BCUT2D eigenvalue weighted by atomic mass is 32.1. The Bertz CT molecular complexity index is 321. The fourth-order valence-corrected chi connectivity index (χ4v) is 3.24. The number of likely N-dealkylation sites (tertiary alicyclic amines) is 1. The second kappa shape index (κ2) is 4.60. The Hall–Kier alpha value is -0.450. The normalized spacial score (nSPS) is 24.6. The first-order valence-electron chi connectivity index (χ1n) is 5.54. The van der Waals surface area contributed by atoms with E-state index in [0.29, 0.717) is 5.92 Å². The Labute approximate surface area is 95.3 Å². The Morgan fingerprint density at radius 1 is 1.73 bits per heavy atom. The van der Waals surface area contributed by atoms with Crippen molar-refractivity contribution >= 4 is 11.3 Å². The van der Waals surface area contributed by atoms with E-state index in [2.05, 4.69) is 16.9 Å². The first kappa shape index (κ1) is 11.0. The maximum absolute atomic E-state index is 5.78. The molecule has 0 amide bonds. The molecule has 0 radical (unpaired) electrons. The Kier molecular flexibility index (Phi) is 3.38. The van der Waals surface area contributed by atoms with Gasteiger partial charge in [0.15, 0.2) is 0 Å². The molecule has 0 saturated carbocycles. The van der Waals surface area contributed by atoms with Crippen molar-refractivity contribution in [3.05, 3.63) is 16.1 Å². The zero-order valence-electron chi connectivity index (χ0n) is 9.44. The maximum Gasteiger partial charge on any atom is 0.0971 e. The van der Waals surface area contributed by atoms with Crippen molar-refractivity contribution in [2.24, 2.45) is 5.73 Å². The lowest BCUT2D eigenvalue weighted by Gasteiger charge is -2.06. The van der Waals surface area contributed by atoms with Gasteiger partial charge < -0.3 is 10.6 Å². The molecule has 1 aliphatic heterocycles. The van der Waals surface area contributed by atoms with E-state index in [1.165, 1.54) is 22.9 Å². The summed E-state index contributed by atoms with van der Waals surface area (Å²) in [7, 11) is 2.18. The minimum Gasteiger partial charge on any atom is -0.328 e. The van der Waals surface area contributed by atoms with E-state index in [9.17, 15) is 0 Å². The third kappa shape index (κ3) is 2.77. The lowest BCUT2D eigenvalue weighted by molar-refractivity contribution is 0.411. The van der Waals surface area contributed by atoms with Crippen molar-refractivity contribution in [3.8, 4) is 0 Å². The molecule has 3 nitrogen and oxygen atoms in total. The number of hydrogen-bond donors (Lipinski definition) is 1. The monoisotopic (exact) mass is 225 g/mol. The van der Waals surface area contributed by atoms with Crippen LogP contribution in [0.15, 0.2) is 6.20 Å². The van der Waals surface area contributed by atoms with Gasteiger partial charge in [0.25, 0.3) is 0 Å². The van der Waals surface area contributed by atoms with Crippen LogP contribution in [0.25, 0.3) is 0 Å². The maximum atomic E-state index is 5.78. The largest absolute Gasteiger partial charge is 0.328 e. The third-order valence-electron chi connectivity index (χ3n) is 2.84. The van der Waals surface area contributed by atoms with Gasteiger partial charge in [-0.15, -0.1) is 11.3 Å². The van der Waals surface area contributed by atoms with Gasteiger partial charge in [0, 0.05) is 29.6 Å². The highest BCUT2D eigenvalue weighted by Crippen LogP contribution is 2.29. The van der Waals surface area contributed by atoms with E-state index >= 15 is 0 Å². The smallest absolute Gasteiger partial charge is 0.0971 e. The molecule has 2 N–H and O–H groups in total. The van der Waals surface area contributed by atoms with Crippen LogP contribution in [0.4, 0.5) is 0 Å². The van der Waals surface area contributed by atoms with Gasteiger partial charge >= 0.3 is 0 Å². The summed E-state index contributed by atoms with van der Waals surface area (Å²) in [6, 6.07) is 0.240. The number of rotatable bonds is 3. The average molecular weight is 225 g/mol. The Morgan fingerprint density at radius 3 is 3.13 bits per heavy atom. The molecular formula is C11H19N3S. The predicted molar refractivity (Wildman–Crippen MR) is 64.3 cm³/mol. The van der Waals surface area contributed by atoms with Crippen molar-refractivity contribution in [2.45, 2.75) is 31.7 Å². The van der Waals surface area contributed by atoms with E-state index in [0.717, 1.165) is 13.0 Å². The summed E-state index contributed by atoms with van der Waals surface area (Å²) < 4.78 is 0. The molecule has 1 saturated heterocycles. The molecule has 4 heteroatoms. The van der Waals surface area contributed by atoms with Gasteiger partial charge in [0.1, 0.15) is 0 Å². The van der Waals surface area contributed by atoms with E-state index < -0.39 is 0 Å². The number of aromatic nitrogens is 1. The molecule has 0 bridgehead atoms. The second-order valence-electron chi connectivity index (χ2n) is 4.59. The molecule has 15 heavy (non-hydrogen) atoms. The van der Waals surface area contributed by atoms with Gasteiger partial charge in [-0.05, 0) is 33.4 Å². The average Bonchev–Trinajstić information content (AvgIpc) is 2.72. The van der Waals surface area contributed by atoms with Gasteiger partial charge in [-0.2, -0.15) is 0 Å². The minimum atomic E-state index is 0.240. The number of thiazole rings is 1. The topological polar surface area (TPSA) is 42.1 Å². The molecule has 1 aliphatic rings. The van der Waals surface area contributed by atoms with Crippen LogP contribution in [0.1, 0.15) is 29.1 Å². The van der Waals surface area contributed by atoms with Gasteiger partial charge in [0.2, 0.25) is 0 Å². The van der Waals surface area contributed by atoms with Crippen LogP contribution in [0.2, 0.25) is 0 Å². The summed E-state index contributed by atoms with van der Waals surface area (Å²) >= 11 is 1.84. The van der Waals surface area contributed by atoms with Crippen molar-refractivity contribution in [1.82, 2.24) is 9.88 Å². The van der Waals surface area contributed by atoms with Crippen molar-refractivity contribution in [1.29, 1.82) is 0 Å². The summed E-state index contributed by atoms with van der Waals surface area (Å²) in [6.45, 7) is 4.40. The summed E-state index contributed by atoms with van der Waals surface area (Å²) in [5.41, 5.74) is 5.78. The van der Waals surface area contributed by atoms with Crippen molar-refractivity contribution in [2.75, 3.05) is 20.1 Å². The standard InChI is InChI=1S/C11H19N3S/c1-8(12)5-10-6-13-11(15-10)9-3-4-14(2)7-9/h6,8-9H,3-5,7,12H2,1-2H3. The van der Waals surface area contributed by atoms with E-state index in [1.54, 1.807) is 0 Å². The van der Waals surface area contributed by atoms with Crippen LogP contribution in [-0.2, 0) is 6.42 Å². The van der Waals surface area contributed by atoms with Gasteiger partial charge in [-0.1, -0.05) is 0 Å². The highest BCUT2D eigenvalue weighted by molar-refractivity contribution is 7.11. The fourth-order valence-electron chi connectivity index (χ4n) is 2.06. The van der Waals surface area contributed by atoms with Crippen LogP contribution >= 0.6 is 11.3 Å². The number of likely N-dealkylation sites (N-methyl/N-ethyl adjacent to an activating group) is 1. The van der Waals surface area contributed by atoms with Gasteiger partial charge in [0.05, 0.1) is 5.01 Å². The number of nitrogens with two attached hydrogens (primary N) is 1.